The molecule has 0 aliphatic carbocycles. The topological polar surface area (TPSA) is 26.3 Å². The molecule has 0 N–H and O–H groups in total. The second-order valence-electron chi connectivity index (χ2n) is 1.47. The largest absolute Gasteiger partial charge is 0.461 e. The molecular formula is C5H4O2S. The maximum atomic E-state index is 10.4. The fourth-order valence-electron chi connectivity index (χ4n) is 0.528. The van der Waals surface area contributed by atoms with Crippen molar-refractivity contribution in [3.63, 3.8) is 0 Å². The molecule has 1 fully saturated rings. The molecule has 0 spiro atoms. The van der Waals surface area contributed by atoms with E-state index in [2.05, 4.69) is 22.0 Å². The second kappa shape index (κ2) is 2.07. The number of carbonyl (C=O) groups is 1. The third-order valence-electron chi connectivity index (χ3n) is 0.955. The third-order valence-corrected chi connectivity index (χ3v) is 1.20. The summed E-state index contributed by atoms with van der Waals surface area (Å²) in [6, 6.07) is 0. The van der Waals surface area contributed by atoms with Gasteiger partial charge in [0.1, 0.15) is 0 Å². The highest BCUT2D eigenvalue weighted by atomic mass is 32.1. The van der Waals surface area contributed by atoms with Crippen molar-refractivity contribution in [3.8, 4) is 0 Å². The summed E-state index contributed by atoms with van der Waals surface area (Å²) in [6.07, 6.45) is 0.627. The van der Waals surface area contributed by atoms with Crippen molar-refractivity contribution >= 4 is 23.2 Å². The van der Waals surface area contributed by atoms with Crippen LogP contribution in [0.1, 0.15) is 6.42 Å². The minimum atomic E-state index is -0.306. The van der Waals surface area contributed by atoms with Gasteiger partial charge in [-0.05, 0) is 17.2 Å². The fourth-order valence-corrected chi connectivity index (χ4v) is 0.713. The Hall–Kier alpha value is -0.660. The van der Waals surface area contributed by atoms with Crippen molar-refractivity contribution in [2.45, 2.75) is 6.42 Å². The Bertz CT molecular complexity index is 167. The lowest BCUT2D eigenvalue weighted by molar-refractivity contribution is -0.134. The van der Waals surface area contributed by atoms with Gasteiger partial charge in [-0.2, -0.15) is 0 Å². The molecule has 3 heteroatoms. The summed E-state index contributed by atoms with van der Waals surface area (Å²) in [7, 11) is 0. The van der Waals surface area contributed by atoms with Crippen molar-refractivity contribution in [2.75, 3.05) is 6.61 Å². The summed E-state index contributed by atoms with van der Waals surface area (Å²) < 4.78 is 4.55. The molecule has 0 unspecified atom stereocenters. The van der Waals surface area contributed by atoms with Gasteiger partial charge in [-0.3, -0.25) is 0 Å². The quantitative estimate of drug-likeness (QED) is 0.269. The van der Waals surface area contributed by atoms with Crippen LogP contribution in [0.25, 0.3) is 0 Å². The molecule has 8 heavy (non-hydrogen) atoms. The zero-order valence-corrected chi connectivity index (χ0v) is 4.96. The number of esters is 1. The first-order valence-corrected chi connectivity index (χ1v) is 2.66. The van der Waals surface area contributed by atoms with Crippen LogP contribution in [-0.2, 0) is 9.53 Å². The summed E-state index contributed by atoms with van der Waals surface area (Å²) >= 11 is 4.40. The molecular weight excluding hydrogens is 124 g/mol. The van der Waals surface area contributed by atoms with Gasteiger partial charge in [-0.25, -0.2) is 4.79 Å². The van der Waals surface area contributed by atoms with Crippen molar-refractivity contribution < 1.29 is 9.53 Å². The van der Waals surface area contributed by atoms with Crippen LogP contribution < -0.4 is 0 Å². The zero-order chi connectivity index (χ0) is 5.98. The van der Waals surface area contributed by atoms with E-state index in [9.17, 15) is 4.79 Å². The highest BCUT2D eigenvalue weighted by molar-refractivity contribution is 7.78. The molecule has 42 valence electrons. The Morgan fingerprint density at radius 3 is 2.75 bits per heavy atom. The average molecular weight is 128 g/mol. The van der Waals surface area contributed by atoms with Crippen LogP contribution in [0.15, 0.2) is 5.57 Å². The molecule has 0 saturated carbocycles. The molecule has 0 bridgehead atoms. The van der Waals surface area contributed by atoms with Gasteiger partial charge in [0.05, 0.1) is 12.2 Å². The Kier molecular flexibility index (Phi) is 1.42. The van der Waals surface area contributed by atoms with Crippen molar-refractivity contribution in [1.29, 1.82) is 0 Å². The predicted molar refractivity (Wildman–Crippen MR) is 31.7 cm³/mol. The number of ether oxygens (including phenoxy) is 1. The maximum Gasteiger partial charge on any atom is 0.342 e. The number of rotatable bonds is 0. The van der Waals surface area contributed by atoms with Crippen molar-refractivity contribution in [1.82, 2.24) is 0 Å². The molecule has 0 atom stereocenters. The van der Waals surface area contributed by atoms with Crippen LogP contribution in [0.3, 0.4) is 0 Å². The Balaban J connectivity index is 2.84. The number of cyclic esters (lactones) is 1. The predicted octanol–water partition coefficient (Wildman–Crippen LogP) is 0.458. The summed E-state index contributed by atoms with van der Waals surface area (Å²) in [6.45, 7) is 0.470. The Morgan fingerprint density at radius 2 is 2.50 bits per heavy atom. The van der Waals surface area contributed by atoms with E-state index < -0.39 is 0 Å². The molecule has 1 rings (SSSR count). The monoisotopic (exact) mass is 128 g/mol. The zero-order valence-electron chi connectivity index (χ0n) is 4.14. The first-order valence-electron chi connectivity index (χ1n) is 2.25. The van der Waals surface area contributed by atoms with E-state index in [-0.39, 0.29) is 5.97 Å². The minimum Gasteiger partial charge on any atom is -0.461 e. The van der Waals surface area contributed by atoms with Gasteiger partial charge in [0.2, 0.25) is 0 Å². The van der Waals surface area contributed by atoms with Gasteiger partial charge in [-0.1, -0.05) is 0 Å². The number of thiocarbonyl (C=S) groups is 1. The maximum absolute atomic E-state index is 10.4. The standard InChI is InChI=1S/C5H4O2S/c6-5-4(3-8)1-2-7-5/h1-2H2. The van der Waals surface area contributed by atoms with E-state index in [0.29, 0.717) is 18.6 Å². The lowest BCUT2D eigenvalue weighted by atomic mass is 10.3. The van der Waals surface area contributed by atoms with Gasteiger partial charge in [0, 0.05) is 6.42 Å². The molecule has 0 aromatic heterocycles. The van der Waals surface area contributed by atoms with Crippen LogP contribution in [0.5, 0.6) is 0 Å². The van der Waals surface area contributed by atoms with Gasteiger partial charge in [0.15, 0.2) is 0 Å². The van der Waals surface area contributed by atoms with E-state index in [4.69, 9.17) is 0 Å². The van der Waals surface area contributed by atoms with E-state index >= 15 is 0 Å². The highest BCUT2D eigenvalue weighted by Gasteiger charge is 2.17. The number of carbonyl (C=O) groups excluding carboxylic acids is 1. The summed E-state index contributed by atoms with van der Waals surface area (Å²) in [5, 5.41) is 2.34. The van der Waals surface area contributed by atoms with Crippen molar-refractivity contribution in [3.05, 3.63) is 5.57 Å². The lowest BCUT2D eigenvalue weighted by Crippen LogP contribution is -1.93. The van der Waals surface area contributed by atoms with E-state index in [1.165, 1.54) is 0 Å². The third kappa shape index (κ3) is 0.782. The van der Waals surface area contributed by atoms with E-state index in [1.54, 1.807) is 0 Å². The average Bonchev–Trinajstić information content (AvgIpc) is 2.14. The molecule has 0 radical (unpaired) electrons. The van der Waals surface area contributed by atoms with Crippen LogP contribution in [-0.4, -0.2) is 17.6 Å². The SMILES string of the molecule is O=C1OCCC1=C=S. The summed E-state index contributed by atoms with van der Waals surface area (Å²) in [5.41, 5.74) is 0.500. The lowest BCUT2D eigenvalue weighted by Gasteiger charge is -1.81. The molecule has 1 heterocycles. The number of hydrogen-bond acceptors (Lipinski definition) is 3. The molecule has 1 aliphatic rings. The smallest absolute Gasteiger partial charge is 0.342 e. The van der Waals surface area contributed by atoms with Crippen molar-refractivity contribution in [2.24, 2.45) is 0 Å². The molecule has 1 saturated heterocycles. The van der Waals surface area contributed by atoms with Crippen LogP contribution in [0.4, 0.5) is 0 Å². The molecule has 1 aliphatic heterocycles. The van der Waals surface area contributed by atoms with Gasteiger partial charge < -0.3 is 4.74 Å². The molecule has 0 aromatic carbocycles. The molecule has 2 nitrogen and oxygen atoms in total. The highest BCUT2D eigenvalue weighted by Crippen LogP contribution is 2.08. The molecule has 0 amide bonds. The Labute approximate surface area is 52.1 Å². The van der Waals surface area contributed by atoms with E-state index in [1.807, 2.05) is 0 Å². The fraction of sp³-hybridized carbons (Fsp3) is 0.400. The first kappa shape index (κ1) is 5.48. The van der Waals surface area contributed by atoms with Gasteiger partial charge in [0.25, 0.3) is 0 Å². The van der Waals surface area contributed by atoms with Crippen LogP contribution in [0.2, 0.25) is 0 Å². The van der Waals surface area contributed by atoms with Gasteiger partial charge in [-0.15, -0.1) is 0 Å². The van der Waals surface area contributed by atoms with E-state index in [0.717, 1.165) is 0 Å². The Morgan fingerprint density at radius 1 is 1.75 bits per heavy atom. The minimum absolute atomic E-state index is 0.306. The summed E-state index contributed by atoms with van der Waals surface area (Å²) in [4.78, 5) is 10.4. The molecule has 0 aromatic rings. The first-order chi connectivity index (χ1) is 3.84. The summed E-state index contributed by atoms with van der Waals surface area (Å²) in [5.74, 6) is -0.306. The number of hydrogen-bond donors (Lipinski definition) is 0. The van der Waals surface area contributed by atoms with Gasteiger partial charge >= 0.3 is 5.97 Å². The van der Waals surface area contributed by atoms with Crippen LogP contribution >= 0.6 is 12.2 Å². The second-order valence-corrected chi connectivity index (χ2v) is 1.67. The normalized spacial score (nSPS) is 18.0. The van der Waals surface area contributed by atoms with Crippen LogP contribution in [0, 0.1) is 0 Å².